The Bertz CT molecular complexity index is 161. The molecule has 0 saturated heterocycles. The molecule has 0 heterocycles. The second kappa shape index (κ2) is 3.90. The van der Waals surface area contributed by atoms with Gasteiger partial charge in [-0.25, -0.2) is 0 Å². The second-order valence-electron chi connectivity index (χ2n) is 3.90. The highest BCUT2D eigenvalue weighted by Gasteiger charge is 2.33. The Hall–Kier alpha value is -0.570. The van der Waals surface area contributed by atoms with Gasteiger partial charge in [-0.15, -0.1) is 0 Å². The molecule has 0 aromatic heterocycles. The van der Waals surface area contributed by atoms with E-state index in [1.54, 1.807) is 0 Å². The van der Waals surface area contributed by atoms with Crippen molar-refractivity contribution in [2.45, 2.75) is 38.1 Å². The summed E-state index contributed by atoms with van der Waals surface area (Å²) in [5.41, 5.74) is -0.320. The summed E-state index contributed by atoms with van der Waals surface area (Å²) in [7, 11) is 0. The smallest absolute Gasteiger partial charge is 0.207 e. The number of rotatable bonds is 3. The van der Waals surface area contributed by atoms with E-state index in [1.165, 1.54) is 6.42 Å². The SMILES string of the molecule is CC1CCCC(CO)(NC=O)C1. The van der Waals surface area contributed by atoms with Gasteiger partial charge in [-0.1, -0.05) is 19.8 Å². The van der Waals surface area contributed by atoms with E-state index in [4.69, 9.17) is 5.11 Å². The summed E-state index contributed by atoms with van der Waals surface area (Å²) in [6, 6.07) is 0. The first-order valence-electron chi connectivity index (χ1n) is 4.55. The van der Waals surface area contributed by atoms with Gasteiger partial charge in [0.15, 0.2) is 0 Å². The number of amides is 1. The Kier molecular flexibility index (Phi) is 3.09. The van der Waals surface area contributed by atoms with Crippen LogP contribution in [0.1, 0.15) is 32.6 Å². The molecule has 1 fully saturated rings. The van der Waals surface area contributed by atoms with Crippen LogP contribution in [0.15, 0.2) is 0 Å². The van der Waals surface area contributed by atoms with Crippen LogP contribution in [0, 0.1) is 5.92 Å². The van der Waals surface area contributed by atoms with Crippen molar-refractivity contribution in [3.8, 4) is 0 Å². The van der Waals surface area contributed by atoms with Gasteiger partial charge in [0.25, 0.3) is 0 Å². The van der Waals surface area contributed by atoms with E-state index >= 15 is 0 Å². The molecule has 0 spiro atoms. The summed E-state index contributed by atoms with van der Waals surface area (Å²) < 4.78 is 0. The quantitative estimate of drug-likeness (QED) is 0.613. The lowest BCUT2D eigenvalue weighted by atomic mass is 9.77. The van der Waals surface area contributed by atoms with Gasteiger partial charge in [0.2, 0.25) is 6.41 Å². The van der Waals surface area contributed by atoms with Crippen LogP contribution in [0.5, 0.6) is 0 Å². The highest BCUT2D eigenvalue weighted by molar-refractivity contribution is 5.48. The van der Waals surface area contributed by atoms with Gasteiger partial charge < -0.3 is 10.4 Å². The molecule has 0 aliphatic heterocycles. The van der Waals surface area contributed by atoms with Gasteiger partial charge >= 0.3 is 0 Å². The third-order valence-corrected chi connectivity index (χ3v) is 2.76. The minimum absolute atomic E-state index is 0.0656. The fraction of sp³-hybridized carbons (Fsp3) is 0.889. The van der Waals surface area contributed by atoms with Crippen molar-refractivity contribution in [1.82, 2.24) is 5.32 Å². The number of aliphatic hydroxyl groups excluding tert-OH is 1. The van der Waals surface area contributed by atoms with Gasteiger partial charge in [0.05, 0.1) is 12.1 Å². The van der Waals surface area contributed by atoms with E-state index in [2.05, 4.69) is 12.2 Å². The molecule has 0 bridgehead atoms. The fourth-order valence-corrected chi connectivity index (χ4v) is 2.11. The van der Waals surface area contributed by atoms with E-state index < -0.39 is 0 Å². The molecular formula is C9H17NO2. The number of carbonyl (C=O) groups excluding carboxylic acids is 1. The van der Waals surface area contributed by atoms with E-state index in [0.717, 1.165) is 19.3 Å². The maximum Gasteiger partial charge on any atom is 0.207 e. The highest BCUT2D eigenvalue weighted by atomic mass is 16.3. The monoisotopic (exact) mass is 171 g/mol. The van der Waals surface area contributed by atoms with Crippen LogP contribution in [-0.2, 0) is 4.79 Å². The van der Waals surface area contributed by atoms with Gasteiger partial charge in [0, 0.05) is 0 Å². The standard InChI is InChI=1S/C9H17NO2/c1-8-3-2-4-9(5-8,6-11)10-7-12/h7-8,11H,2-6H2,1H3,(H,10,12). The van der Waals surface area contributed by atoms with E-state index in [1.807, 2.05) is 0 Å². The highest BCUT2D eigenvalue weighted by Crippen LogP contribution is 2.31. The summed E-state index contributed by atoms with van der Waals surface area (Å²) in [6.07, 6.45) is 4.83. The van der Waals surface area contributed by atoms with Crippen LogP contribution < -0.4 is 5.32 Å². The van der Waals surface area contributed by atoms with Crippen molar-refractivity contribution in [1.29, 1.82) is 0 Å². The molecule has 0 aromatic rings. The zero-order valence-corrected chi connectivity index (χ0v) is 7.55. The largest absolute Gasteiger partial charge is 0.394 e. The van der Waals surface area contributed by atoms with Crippen LogP contribution in [0.2, 0.25) is 0 Å². The molecule has 2 atom stereocenters. The number of hydrogen-bond donors (Lipinski definition) is 2. The average molecular weight is 171 g/mol. The molecule has 3 heteroatoms. The Labute approximate surface area is 73.2 Å². The third-order valence-electron chi connectivity index (χ3n) is 2.76. The topological polar surface area (TPSA) is 49.3 Å². The average Bonchev–Trinajstić information content (AvgIpc) is 2.05. The normalized spacial score (nSPS) is 36.0. The molecule has 1 saturated carbocycles. The van der Waals surface area contributed by atoms with Crippen molar-refractivity contribution < 1.29 is 9.90 Å². The molecule has 1 rings (SSSR count). The third kappa shape index (κ3) is 1.97. The zero-order chi connectivity index (χ0) is 9.03. The molecule has 12 heavy (non-hydrogen) atoms. The van der Waals surface area contributed by atoms with Crippen LogP contribution in [0.3, 0.4) is 0 Å². The van der Waals surface area contributed by atoms with E-state index in [-0.39, 0.29) is 12.1 Å². The lowest BCUT2D eigenvalue weighted by molar-refractivity contribution is -0.112. The molecule has 1 aliphatic carbocycles. The maximum atomic E-state index is 10.3. The molecular weight excluding hydrogens is 154 g/mol. The first-order chi connectivity index (χ1) is 5.72. The van der Waals surface area contributed by atoms with Gasteiger partial charge in [-0.05, 0) is 18.8 Å². The van der Waals surface area contributed by atoms with Crippen molar-refractivity contribution >= 4 is 6.41 Å². The Morgan fingerprint density at radius 1 is 1.75 bits per heavy atom. The van der Waals surface area contributed by atoms with Crippen LogP contribution >= 0.6 is 0 Å². The maximum absolute atomic E-state index is 10.3. The van der Waals surface area contributed by atoms with Crippen LogP contribution in [0.25, 0.3) is 0 Å². The predicted molar refractivity (Wildman–Crippen MR) is 46.6 cm³/mol. The minimum Gasteiger partial charge on any atom is -0.394 e. The minimum atomic E-state index is -0.320. The van der Waals surface area contributed by atoms with Crippen molar-refractivity contribution in [2.75, 3.05) is 6.61 Å². The van der Waals surface area contributed by atoms with Gasteiger partial charge in [0.1, 0.15) is 0 Å². The molecule has 3 nitrogen and oxygen atoms in total. The molecule has 1 amide bonds. The first kappa shape index (κ1) is 9.52. The molecule has 2 N–H and O–H groups in total. The summed E-state index contributed by atoms with van der Waals surface area (Å²) in [6.45, 7) is 2.23. The Morgan fingerprint density at radius 3 is 3.00 bits per heavy atom. The van der Waals surface area contributed by atoms with Gasteiger partial charge in [-0.3, -0.25) is 4.79 Å². The van der Waals surface area contributed by atoms with Crippen molar-refractivity contribution in [3.05, 3.63) is 0 Å². The summed E-state index contributed by atoms with van der Waals surface area (Å²) >= 11 is 0. The van der Waals surface area contributed by atoms with Crippen LogP contribution in [0.4, 0.5) is 0 Å². The molecule has 2 unspecified atom stereocenters. The Morgan fingerprint density at radius 2 is 2.50 bits per heavy atom. The van der Waals surface area contributed by atoms with Crippen molar-refractivity contribution in [2.24, 2.45) is 5.92 Å². The predicted octanol–water partition coefficient (Wildman–Crippen LogP) is 0.674. The molecule has 0 aromatic carbocycles. The van der Waals surface area contributed by atoms with E-state index in [0.29, 0.717) is 12.3 Å². The zero-order valence-electron chi connectivity index (χ0n) is 7.55. The number of carbonyl (C=O) groups is 1. The molecule has 1 aliphatic rings. The number of hydrogen-bond acceptors (Lipinski definition) is 2. The van der Waals surface area contributed by atoms with Crippen molar-refractivity contribution in [3.63, 3.8) is 0 Å². The Balaban J connectivity index is 2.57. The fourth-order valence-electron chi connectivity index (χ4n) is 2.11. The summed E-state index contributed by atoms with van der Waals surface area (Å²) in [5.74, 6) is 0.610. The molecule has 0 radical (unpaired) electrons. The van der Waals surface area contributed by atoms with Gasteiger partial charge in [-0.2, -0.15) is 0 Å². The lowest BCUT2D eigenvalue weighted by Gasteiger charge is -2.38. The first-order valence-corrected chi connectivity index (χ1v) is 4.55. The lowest BCUT2D eigenvalue weighted by Crippen LogP contribution is -2.50. The van der Waals surface area contributed by atoms with E-state index in [9.17, 15) is 4.79 Å². The number of aliphatic hydroxyl groups is 1. The number of nitrogens with one attached hydrogen (secondary N) is 1. The summed E-state index contributed by atoms with van der Waals surface area (Å²) in [5, 5.41) is 11.9. The second-order valence-corrected chi connectivity index (χ2v) is 3.90. The summed E-state index contributed by atoms with van der Waals surface area (Å²) in [4.78, 5) is 10.3. The van der Waals surface area contributed by atoms with Crippen LogP contribution in [-0.4, -0.2) is 23.7 Å². The molecule has 70 valence electrons.